The molecule has 0 unspecified atom stereocenters. The summed E-state index contributed by atoms with van der Waals surface area (Å²) in [6, 6.07) is 0. The summed E-state index contributed by atoms with van der Waals surface area (Å²) >= 11 is 0. The molecule has 14 heavy (non-hydrogen) atoms. The molecule has 0 aromatic heterocycles. The number of hydrogen-bond acceptors (Lipinski definition) is 3. The van der Waals surface area contributed by atoms with Gasteiger partial charge in [-0.25, -0.2) is 0 Å². The van der Waals surface area contributed by atoms with Crippen LogP contribution in [0.2, 0.25) is 0 Å². The van der Waals surface area contributed by atoms with Crippen LogP contribution < -0.4 is 16.0 Å². The highest BCUT2D eigenvalue weighted by molar-refractivity contribution is 5.84. The third-order valence-corrected chi connectivity index (χ3v) is 1.65. The quantitative estimate of drug-likeness (QED) is 0.474. The van der Waals surface area contributed by atoms with E-state index in [2.05, 4.69) is 16.0 Å². The monoisotopic (exact) mass is 201 g/mol. The van der Waals surface area contributed by atoms with Crippen molar-refractivity contribution in [2.75, 3.05) is 26.7 Å². The van der Waals surface area contributed by atoms with E-state index < -0.39 is 0 Å². The number of amides is 2. The lowest BCUT2D eigenvalue weighted by molar-refractivity contribution is -0.126. The van der Waals surface area contributed by atoms with Crippen LogP contribution in [0.3, 0.4) is 0 Å². The van der Waals surface area contributed by atoms with Gasteiger partial charge in [-0.15, -0.1) is 0 Å². The summed E-state index contributed by atoms with van der Waals surface area (Å²) < 4.78 is 0. The first-order valence-corrected chi connectivity index (χ1v) is 4.88. The van der Waals surface area contributed by atoms with Gasteiger partial charge in [0.25, 0.3) is 0 Å². The normalized spacial score (nSPS) is 9.57. The molecule has 0 rings (SSSR count). The average molecular weight is 201 g/mol. The Morgan fingerprint density at radius 1 is 1.14 bits per heavy atom. The molecule has 0 spiro atoms. The molecular formula is C9H19N3O2. The number of carbonyl (C=O) groups excluding carboxylic acids is 2. The molecule has 0 bridgehead atoms. The van der Waals surface area contributed by atoms with Crippen molar-refractivity contribution in [3.8, 4) is 0 Å². The van der Waals surface area contributed by atoms with Crippen molar-refractivity contribution >= 4 is 11.8 Å². The first-order chi connectivity index (χ1) is 6.70. The van der Waals surface area contributed by atoms with Crippen molar-refractivity contribution in [3.63, 3.8) is 0 Å². The Bertz CT molecular complexity index is 183. The molecule has 0 aliphatic heterocycles. The van der Waals surface area contributed by atoms with Crippen LogP contribution in [0.25, 0.3) is 0 Å². The van der Waals surface area contributed by atoms with E-state index in [9.17, 15) is 9.59 Å². The lowest BCUT2D eigenvalue weighted by atomic mass is 10.3. The fourth-order valence-electron chi connectivity index (χ4n) is 0.953. The zero-order valence-corrected chi connectivity index (χ0v) is 8.85. The Hall–Kier alpha value is -1.10. The van der Waals surface area contributed by atoms with Crippen LogP contribution in [0.1, 0.15) is 19.8 Å². The second-order valence-electron chi connectivity index (χ2n) is 2.94. The molecule has 5 heteroatoms. The zero-order valence-electron chi connectivity index (χ0n) is 8.85. The molecule has 0 saturated heterocycles. The van der Waals surface area contributed by atoms with Crippen molar-refractivity contribution < 1.29 is 9.59 Å². The van der Waals surface area contributed by atoms with Gasteiger partial charge in [-0.3, -0.25) is 9.59 Å². The van der Waals surface area contributed by atoms with Crippen LogP contribution >= 0.6 is 0 Å². The van der Waals surface area contributed by atoms with E-state index in [1.54, 1.807) is 0 Å². The third kappa shape index (κ3) is 7.54. The van der Waals surface area contributed by atoms with E-state index in [0.29, 0.717) is 13.0 Å². The van der Waals surface area contributed by atoms with Crippen LogP contribution in [0.15, 0.2) is 0 Å². The number of rotatable bonds is 7. The van der Waals surface area contributed by atoms with Gasteiger partial charge in [-0.1, -0.05) is 0 Å². The van der Waals surface area contributed by atoms with Gasteiger partial charge in [-0.05, 0) is 26.9 Å². The second-order valence-corrected chi connectivity index (χ2v) is 2.94. The maximum absolute atomic E-state index is 11.1. The van der Waals surface area contributed by atoms with Crippen LogP contribution in [-0.2, 0) is 9.59 Å². The lowest BCUT2D eigenvalue weighted by Crippen LogP contribution is -2.36. The zero-order chi connectivity index (χ0) is 10.8. The standard InChI is InChI=1S/C9H19N3O2/c1-3-11-9(14)7-12-8(13)5-4-6-10-2/h10H,3-7H2,1-2H3,(H,11,14)(H,12,13). The second kappa shape index (κ2) is 8.50. The SMILES string of the molecule is CCNC(=O)CNC(=O)CCCNC. The van der Waals surface area contributed by atoms with Crippen molar-refractivity contribution in [1.82, 2.24) is 16.0 Å². The van der Waals surface area contributed by atoms with E-state index in [-0.39, 0.29) is 18.4 Å². The van der Waals surface area contributed by atoms with Gasteiger partial charge >= 0.3 is 0 Å². The van der Waals surface area contributed by atoms with Gasteiger partial charge in [0.2, 0.25) is 11.8 Å². The van der Waals surface area contributed by atoms with E-state index in [4.69, 9.17) is 0 Å². The molecule has 82 valence electrons. The predicted molar refractivity (Wildman–Crippen MR) is 54.9 cm³/mol. The molecule has 3 N–H and O–H groups in total. The minimum absolute atomic E-state index is 0.0756. The minimum Gasteiger partial charge on any atom is -0.355 e. The Balaban J connectivity index is 3.39. The van der Waals surface area contributed by atoms with Crippen molar-refractivity contribution in [3.05, 3.63) is 0 Å². The summed E-state index contributed by atoms with van der Waals surface area (Å²) in [7, 11) is 1.84. The summed E-state index contributed by atoms with van der Waals surface area (Å²) in [6.07, 6.45) is 1.25. The van der Waals surface area contributed by atoms with E-state index in [1.165, 1.54) is 0 Å². The molecule has 0 saturated carbocycles. The van der Waals surface area contributed by atoms with Gasteiger partial charge in [0.15, 0.2) is 0 Å². The summed E-state index contributed by atoms with van der Waals surface area (Å²) in [6.45, 7) is 3.32. The Kier molecular flexibility index (Phi) is 7.83. The van der Waals surface area contributed by atoms with Gasteiger partial charge in [0.1, 0.15) is 0 Å². The van der Waals surface area contributed by atoms with E-state index in [1.807, 2.05) is 14.0 Å². The smallest absolute Gasteiger partial charge is 0.239 e. The number of likely N-dealkylation sites (N-methyl/N-ethyl adjacent to an activating group) is 1. The van der Waals surface area contributed by atoms with Crippen LogP contribution in [0.5, 0.6) is 0 Å². The van der Waals surface area contributed by atoms with Crippen molar-refractivity contribution in [2.45, 2.75) is 19.8 Å². The maximum Gasteiger partial charge on any atom is 0.239 e. The molecule has 0 radical (unpaired) electrons. The average Bonchev–Trinajstić information content (AvgIpc) is 2.16. The number of carbonyl (C=O) groups is 2. The molecule has 2 amide bonds. The number of nitrogens with one attached hydrogen (secondary N) is 3. The molecule has 0 aromatic carbocycles. The topological polar surface area (TPSA) is 70.2 Å². The van der Waals surface area contributed by atoms with Gasteiger partial charge < -0.3 is 16.0 Å². The van der Waals surface area contributed by atoms with Gasteiger partial charge in [0, 0.05) is 13.0 Å². The summed E-state index contributed by atoms with van der Waals surface area (Å²) in [5.74, 6) is -0.221. The van der Waals surface area contributed by atoms with E-state index >= 15 is 0 Å². The molecular weight excluding hydrogens is 182 g/mol. The molecule has 0 fully saturated rings. The van der Waals surface area contributed by atoms with Crippen LogP contribution in [0.4, 0.5) is 0 Å². The van der Waals surface area contributed by atoms with Crippen molar-refractivity contribution in [1.29, 1.82) is 0 Å². The highest BCUT2D eigenvalue weighted by atomic mass is 16.2. The molecule has 0 aromatic rings. The maximum atomic E-state index is 11.1. The largest absolute Gasteiger partial charge is 0.355 e. The highest BCUT2D eigenvalue weighted by Crippen LogP contribution is 1.85. The summed E-state index contributed by atoms with van der Waals surface area (Å²) in [4.78, 5) is 22.0. The van der Waals surface area contributed by atoms with Crippen LogP contribution in [-0.4, -0.2) is 38.5 Å². The Labute approximate surface area is 84.6 Å². The molecule has 5 nitrogen and oxygen atoms in total. The fraction of sp³-hybridized carbons (Fsp3) is 0.778. The highest BCUT2D eigenvalue weighted by Gasteiger charge is 2.03. The summed E-state index contributed by atoms with van der Waals surface area (Å²) in [5, 5.41) is 8.10. The molecule has 0 atom stereocenters. The predicted octanol–water partition coefficient (Wildman–Crippen LogP) is -0.762. The third-order valence-electron chi connectivity index (χ3n) is 1.65. The number of hydrogen-bond donors (Lipinski definition) is 3. The van der Waals surface area contributed by atoms with Gasteiger partial charge in [-0.2, -0.15) is 0 Å². The van der Waals surface area contributed by atoms with Gasteiger partial charge in [0.05, 0.1) is 6.54 Å². The molecule has 0 heterocycles. The molecule has 0 aliphatic carbocycles. The Morgan fingerprint density at radius 2 is 1.86 bits per heavy atom. The first kappa shape index (κ1) is 12.9. The van der Waals surface area contributed by atoms with Crippen molar-refractivity contribution in [2.24, 2.45) is 0 Å². The van der Waals surface area contributed by atoms with E-state index in [0.717, 1.165) is 13.0 Å². The fourth-order valence-corrected chi connectivity index (χ4v) is 0.953. The Morgan fingerprint density at radius 3 is 2.43 bits per heavy atom. The molecule has 0 aliphatic rings. The van der Waals surface area contributed by atoms with Crippen LogP contribution in [0, 0.1) is 0 Å². The minimum atomic E-state index is -0.144. The first-order valence-electron chi connectivity index (χ1n) is 4.88. The summed E-state index contributed by atoms with van der Waals surface area (Å²) in [5.41, 5.74) is 0. The lowest BCUT2D eigenvalue weighted by Gasteiger charge is -2.04.